The van der Waals surface area contributed by atoms with Gasteiger partial charge in [0, 0.05) is 0 Å². The average molecular weight is 139 g/mol. The largest absolute Gasteiger partial charge is 0.0628 e. The van der Waals surface area contributed by atoms with Crippen molar-refractivity contribution in [1.29, 1.82) is 0 Å². The van der Waals surface area contributed by atoms with Crippen molar-refractivity contribution in [2.45, 2.75) is 52.4 Å². The Balaban J connectivity index is 2.13. The van der Waals surface area contributed by atoms with Crippen LogP contribution in [-0.2, 0) is 0 Å². The molecule has 0 aliphatic heterocycles. The minimum absolute atomic E-state index is 0.882. The predicted molar refractivity (Wildman–Crippen MR) is 45.8 cm³/mol. The van der Waals surface area contributed by atoms with Gasteiger partial charge in [0.15, 0.2) is 0 Å². The van der Waals surface area contributed by atoms with Gasteiger partial charge in [-0.1, -0.05) is 33.1 Å². The van der Waals surface area contributed by atoms with Crippen LogP contribution in [0.1, 0.15) is 52.4 Å². The van der Waals surface area contributed by atoms with Crippen molar-refractivity contribution in [3.8, 4) is 0 Å². The molecule has 0 heterocycles. The maximum atomic E-state index is 2.32. The molecule has 0 atom stereocenters. The molecule has 0 aromatic heterocycles. The molecule has 1 fully saturated rings. The SMILES string of the molecule is CC(C)C[C]1CCCCC1. The van der Waals surface area contributed by atoms with Crippen molar-refractivity contribution in [3.05, 3.63) is 5.92 Å². The summed E-state index contributed by atoms with van der Waals surface area (Å²) in [4.78, 5) is 0. The van der Waals surface area contributed by atoms with Crippen LogP contribution in [0.15, 0.2) is 0 Å². The second kappa shape index (κ2) is 4.00. The van der Waals surface area contributed by atoms with Crippen LogP contribution in [0, 0.1) is 11.8 Å². The highest BCUT2D eigenvalue weighted by Gasteiger charge is 2.14. The molecular weight excluding hydrogens is 120 g/mol. The fourth-order valence-corrected chi connectivity index (χ4v) is 1.83. The molecule has 0 unspecified atom stereocenters. The number of hydrogen-bond donors (Lipinski definition) is 0. The first-order valence-corrected chi connectivity index (χ1v) is 4.62. The number of hydrogen-bond acceptors (Lipinski definition) is 0. The molecule has 0 spiro atoms. The van der Waals surface area contributed by atoms with Crippen molar-refractivity contribution in [2.24, 2.45) is 5.92 Å². The highest BCUT2D eigenvalue weighted by atomic mass is 14.2. The lowest BCUT2D eigenvalue weighted by atomic mass is 9.84. The topological polar surface area (TPSA) is 0 Å². The van der Waals surface area contributed by atoms with Crippen LogP contribution < -0.4 is 0 Å². The molecule has 0 N–H and O–H groups in total. The highest BCUT2D eigenvalue weighted by Crippen LogP contribution is 2.30. The highest BCUT2D eigenvalue weighted by molar-refractivity contribution is 4.92. The Hall–Kier alpha value is 0. The summed E-state index contributed by atoms with van der Waals surface area (Å²) in [6.45, 7) is 4.64. The monoisotopic (exact) mass is 139 g/mol. The van der Waals surface area contributed by atoms with E-state index in [9.17, 15) is 0 Å². The van der Waals surface area contributed by atoms with Gasteiger partial charge in [-0.05, 0) is 31.1 Å². The summed E-state index contributed by atoms with van der Waals surface area (Å²) >= 11 is 0. The van der Waals surface area contributed by atoms with E-state index in [0.29, 0.717) is 0 Å². The van der Waals surface area contributed by atoms with Gasteiger partial charge in [-0.25, -0.2) is 0 Å². The lowest BCUT2D eigenvalue weighted by Gasteiger charge is -2.22. The third-order valence-electron chi connectivity index (χ3n) is 2.26. The van der Waals surface area contributed by atoms with Crippen LogP contribution in [0.25, 0.3) is 0 Å². The van der Waals surface area contributed by atoms with Crippen LogP contribution in [-0.4, -0.2) is 0 Å². The van der Waals surface area contributed by atoms with Crippen molar-refractivity contribution in [1.82, 2.24) is 0 Å². The van der Waals surface area contributed by atoms with E-state index in [2.05, 4.69) is 13.8 Å². The minimum atomic E-state index is 0.882. The lowest BCUT2D eigenvalue weighted by Crippen LogP contribution is -2.06. The third-order valence-corrected chi connectivity index (χ3v) is 2.26. The second-order valence-corrected chi connectivity index (χ2v) is 3.91. The van der Waals surface area contributed by atoms with Gasteiger partial charge < -0.3 is 0 Å². The molecule has 0 aromatic carbocycles. The molecule has 59 valence electrons. The van der Waals surface area contributed by atoms with Crippen molar-refractivity contribution in [3.63, 3.8) is 0 Å². The maximum absolute atomic E-state index is 2.32. The Morgan fingerprint density at radius 2 is 1.70 bits per heavy atom. The zero-order valence-electron chi connectivity index (χ0n) is 7.32. The summed E-state index contributed by atoms with van der Waals surface area (Å²) in [6, 6.07) is 0. The Bertz CT molecular complexity index is 78.0. The summed E-state index contributed by atoms with van der Waals surface area (Å²) in [5.41, 5.74) is 0. The standard InChI is InChI=1S/C10H19/c1-9(2)8-10-6-4-3-5-7-10/h9H,3-8H2,1-2H3. The Kier molecular flexibility index (Phi) is 3.24. The number of rotatable bonds is 2. The molecule has 1 rings (SSSR count). The molecule has 1 saturated carbocycles. The van der Waals surface area contributed by atoms with Crippen LogP contribution in [0.5, 0.6) is 0 Å². The van der Waals surface area contributed by atoms with Gasteiger partial charge in [0.25, 0.3) is 0 Å². The zero-order chi connectivity index (χ0) is 7.40. The molecular formula is C10H19. The lowest BCUT2D eigenvalue weighted by molar-refractivity contribution is 0.462. The van der Waals surface area contributed by atoms with E-state index in [0.717, 1.165) is 5.92 Å². The minimum Gasteiger partial charge on any atom is -0.0628 e. The van der Waals surface area contributed by atoms with Crippen LogP contribution >= 0.6 is 0 Å². The first kappa shape index (κ1) is 8.10. The van der Waals surface area contributed by atoms with Gasteiger partial charge in [0.05, 0.1) is 0 Å². The van der Waals surface area contributed by atoms with E-state index >= 15 is 0 Å². The van der Waals surface area contributed by atoms with Crippen molar-refractivity contribution < 1.29 is 0 Å². The zero-order valence-corrected chi connectivity index (χ0v) is 7.32. The molecule has 10 heavy (non-hydrogen) atoms. The molecule has 0 saturated heterocycles. The van der Waals surface area contributed by atoms with Gasteiger partial charge in [-0.15, -0.1) is 0 Å². The van der Waals surface area contributed by atoms with Gasteiger partial charge in [0.1, 0.15) is 0 Å². The van der Waals surface area contributed by atoms with Gasteiger partial charge in [0.2, 0.25) is 0 Å². The summed E-state index contributed by atoms with van der Waals surface area (Å²) in [7, 11) is 0. The molecule has 0 aromatic rings. The second-order valence-electron chi connectivity index (χ2n) is 3.91. The molecule has 0 heteroatoms. The van der Waals surface area contributed by atoms with Crippen LogP contribution in [0.2, 0.25) is 0 Å². The third kappa shape index (κ3) is 2.72. The van der Waals surface area contributed by atoms with Crippen LogP contribution in [0.4, 0.5) is 0 Å². The molecule has 0 nitrogen and oxygen atoms in total. The van der Waals surface area contributed by atoms with E-state index in [1.54, 1.807) is 0 Å². The fourth-order valence-electron chi connectivity index (χ4n) is 1.83. The molecule has 0 bridgehead atoms. The Morgan fingerprint density at radius 3 is 2.20 bits per heavy atom. The normalized spacial score (nSPS) is 21.9. The summed E-state index contributed by atoms with van der Waals surface area (Å²) in [5, 5.41) is 0. The van der Waals surface area contributed by atoms with Gasteiger partial charge in [-0.2, -0.15) is 0 Å². The molecule has 1 radical (unpaired) electrons. The molecule has 0 amide bonds. The van der Waals surface area contributed by atoms with Gasteiger partial charge in [-0.3, -0.25) is 0 Å². The Labute approximate surface area is 65.0 Å². The van der Waals surface area contributed by atoms with Crippen molar-refractivity contribution in [2.75, 3.05) is 0 Å². The summed E-state index contributed by atoms with van der Waals surface area (Å²) < 4.78 is 0. The fraction of sp³-hybridized carbons (Fsp3) is 0.900. The average Bonchev–Trinajstić information content (AvgIpc) is 1.88. The summed E-state index contributed by atoms with van der Waals surface area (Å²) in [5.74, 6) is 2.72. The summed E-state index contributed by atoms with van der Waals surface area (Å²) in [6.07, 6.45) is 8.64. The molecule has 1 aliphatic carbocycles. The molecule has 1 aliphatic rings. The smallest absolute Gasteiger partial charge is 0.0238 e. The van der Waals surface area contributed by atoms with E-state index in [4.69, 9.17) is 0 Å². The van der Waals surface area contributed by atoms with Crippen LogP contribution in [0.3, 0.4) is 0 Å². The van der Waals surface area contributed by atoms with E-state index in [1.165, 1.54) is 38.5 Å². The van der Waals surface area contributed by atoms with E-state index in [1.807, 2.05) is 5.92 Å². The predicted octanol–water partition coefficient (Wildman–Crippen LogP) is 3.57. The van der Waals surface area contributed by atoms with E-state index in [-0.39, 0.29) is 0 Å². The van der Waals surface area contributed by atoms with Gasteiger partial charge >= 0.3 is 0 Å². The quantitative estimate of drug-likeness (QED) is 0.548. The Morgan fingerprint density at radius 1 is 1.10 bits per heavy atom. The first-order valence-electron chi connectivity index (χ1n) is 4.62. The first-order chi connectivity index (χ1) is 4.79. The van der Waals surface area contributed by atoms with E-state index < -0.39 is 0 Å². The van der Waals surface area contributed by atoms with Crippen molar-refractivity contribution >= 4 is 0 Å². The maximum Gasteiger partial charge on any atom is -0.0238 e.